The fourth-order valence-corrected chi connectivity index (χ4v) is 2.88. The van der Waals surface area contributed by atoms with Gasteiger partial charge < -0.3 is 41.3 Å². The molecule has 10 heteroatoms. The smallest absolute Gasteiger partial charge is 0.223 e. The summed E-state index contributed by atoms with van der Waals surface area (Å²) < 4.78 is 0. The topological polar surface area (TPSA) is 180 Å². The lowest BCUT2D eigenvalue weighted by atomic mass is 9.80. The van der Waals surface area contributed by atoms with E-state index in [1.54, 1.807) is 0 Å². The van der Waals surface area contributed by atoms with Crippen LogP contribution in [0.25, 0.3) is 0 Å². The maximum atomic E-state index is 12.3. The van der Waals surface area contributed by atoms with Crippen LogP contribution in [0.15, 0.2) is 0 Å². The van der Waals surface area contributed by atoms with Gasteiger partial charge in [-0.2, -0.15) is 0 Å². The van der Waals surface area contributed by atoms with E-state index < -0.39 is 74.4 Å². The zero-order chi connectivity index (χ0) is 19.8. The number of aliphatic hydroxyl groups is 6. The van der Waals surface area contributed by atoms with Gasteiger partial charge in [0.15, 0.2) is 0 Å². The molecule has 0 aliphatic heterocycles. The average Bonchev–Trinajstić information content (AvgIpc) is 2.70. The highest BCUT2D eigenvalue weighted by atomic mass is 16.3. The van der Waals surface area contributed by atoms with Crippen LogP contribution in [0.4, 0.5) is 0 Å². The maximum Gasteiger partial charge on any atom is 0.223 e. The summed E-state index contributed by atoms with van der Waals surface area (Å²) >= 11 is 0. The Morgan fingerprint density at radius 2 is 0.846 bits per heavy atom. The predicted molar refractivity (Wildman–Crippen MR) is 89.7 cm³/mol. The first-order chi connectivity index (χ1) is 12.3. The van der Waals surface area contributed by atoms with Crippen LogP contribution in [0.3, 0.4) is 0 Å². The van der Waals surface area contributed by atoms with Crippen LogP contribution in [-0.2, 0) is 9.59 Å². The number of hydrogen-bond acceptors (Lipinski definition) is 8. The Kier molecular flexibility index (Phi) is 8.87. The number of carbonyl (C=O) groups excluding carboxylic acids is 2. The van der Waals surface area contributed by atoms with E-state index in [1.807, 2.05) is 0 Å². The highest BCUT2D eigenvalue weighted by Crippen LogP contribution is 2.30. The minimum Gasteiger partial charge on any atom is -0.394 e. The van der Waals surface area contributed by atoms with Crippen LogP contribution < -0.4 is 10.6 Å². The fraction of sp³-hybridized carbons (Fsp3) is 0.875. The SMILES string of the molecule is O=C(NC(CO)(CO)CO)C1CCC(C(=O)NC(CO)(CO)CO)CC1. The zero-order valence-electron chi connectivity index (χ0n) is 14.7. The first-order valence-corrected chi connectivity index (χ1v) is 8.64. The molecule has 0 bridgehead atoms. The van der Waals surface area contributed by atoms with Crippen LogP contribution in [0, 0.1) is 11.8 Å². The highest BCUT2D eigenvalue weighted by Gasteiger charge is 2.37. The van der Waals surface area contributed by atoms with Crippen molar-refractivity contribution >= 4 is 11.8 Å². The predicted octanol–water partition coefficient (Wildman–Crippen LogP) is -3.54. The van der Waals surface area contributed by atoms with E-state index in [9.17, 15) is 40.2 Å². The summed E-state index contributed by atoms with van der Waals surface area (Å²) in [6.07, 6.45) is 1.58. The van der Waals surface area contributed by atoms with E-state index in [0.29, 0.717) is 25.7 Å². The molecular weight excluding hydrogens is 348 g/mol. The molecule has 0 radical (unpaired) electrons. The molecule has 0 aromatic carbocycles. The quantitative estimate of drug-likeness (QED) is 0.192. The Bertz CT molecular complexity index is 399. The number of amides is 2. The standard InChI is InChI=1S/C16H30N2O8/c19-5-15(6-20,7-21)17-13(25)11-1-2-12(4-3-11)14(26)18-16(8-22,9-23)10-24/h11-12,19-24H,1-10H2,(H,17,25)(H,18,26). The molecule has 0 unspecified atom stereocenters. The maximum absolute atomic E-state index is 12.3. The lowest BCUT2D eigenvalue weighted by Gasteiger charge is -2.34. The summed E-state index contributed by atoms with van der Waals surface area (Å²) in [6.45, 7) is -3.61. The van der Waals surface area contributed by atoms with Crippen molar-refractivity contribution in [3.8, 4) is 0 Å². The summed E-state index contributed by atoms with van der Waals surface area (Å²) in [5.41, 5.74) is -2.96. The minimum atomic E-state index is -1.48. The highest BCUT2D eigenvalue weighted by molar-refractivity contribution is 5.82. The summed E-state index contributed by atoms with van der Waals surface area (Å²) in [7, 11) is 0. The number of aliphatic hydroxyl groups excluding tert-OH is 6. The van der Waals surface area contributed by atoms with Gasteiger partial charge in [0.1, 0.15) is 11.1 Å². The van der Waals surface area contributed by atoms with Gasteiger partial charge in [0, 0.05) is 11.8 Å². The van der Waals surface area contributed by atoms with E-state index in [2.05, 4.69) is 10.6 Å². The average molecular weight is 378 g/mol. The second-order valence-electron chi connectivity index (χ2n) is 7.04. The minimum absolute atomic E-state index is 0.395. The lowest BCUT2D eigenvalue weighted by Crippen LogP contribution is -2.59. The fourth-order valence-electron chi connectivity index (χ4n) is 2.88. The van der Waals surface area contributed by atoms with E-state index in [0.717, 1.165) is 0 Å². The lowest BCUT2D eigenvalue weighted by molar-refractivity contribution is -0.134. The van der Waals surface area contributed by atoms with Gasteiger partial charge in [0.2, 0.25) is 11.8 Å². The summed E-state index contributed by atoms with van der Waals surface area (Å²) in [6, 6.07) is 0. The molecule has 1 aliphatic rings. The Hall–Kier alpha value is -1.30. The molecule has 1 fully saturated rings. The third kappa shape index (κ3) is 5.35. The van der Waals surface area contributed by atoms with Crippen molar-refractivity contribution in [2.75, 3.05) is 39.6 Å². The molecule has 0 aromatic heterocycles. The van der Waals surface area contributed by atoms with Crippen molar-refractivity contribution in [1.29, 1.82) is 0 Å². The molecule has 0 aromatic rings. The number of rotatable bonds is 10. The van der Waals surface area contributed by atoms with Crippen LogP contribution in [-0.4, -0.2) is 93.2 Å². The monoisotopic (exact) mass is 378 g/mol. The van der Waals surface area contributed by atoms with Gasteiger partial charge in [-0.1, -0.05) is 0 Å². The van der Waals surface area contributed by atoms with Crippen molar-refractivity contribution in [3.63, 3.8) is 0 Å². The number of carbonyl (C=O) groups is 2. The van der Waals surface area contributed by atoms with Crippen LogP contribution >= 0.6 is 0 Å². The summed E-state index contributed by atoms with van der Waals surface area (Å²) in [4.78, 5) is 24.6. The summed E-state index contributed by atoms with van der Waals surface area (Å²) in [5, 5.41) is 60.5. The van der Waals surface area contributed by atoms with Crippen molar-refractivity contribution < 1.29 is 40.2 Å². The second kappa shape index (κ2) is 10.1. The molecule has 1 saturated carbocycles. The molecule has 0 atom stereocenters. The van der Waals surface area contributed by atoms with E-state index >= 15 is 0 Å². The van der Waals surface area contributed by atoms with Crippen molar-refractivity contribution in [2.24, 2.45) is 11.8 Å². The number of hydrogen-bond donors (Lipinski definition) is 8. The molecular formula is C16H30N2O8. The Morgan fingerprint density at radius 1 is 0.615 bits per heavy atom. The molecule has 1 aliphatic carbocycles. The molecule has 26 heavy (non-hydrogen) atoms. The third-order valence-corrected chi connectivity index (χ3v) is 5.06. The Morgan fingerprint density at radius 3 is 1.04 bits per heavy atom. The third-order valence-electron chi connectivity index (χ3n) is 5.06. The molecule has 1 rings (SSSR count). The van der Waals surface area contributed by atoms with E-state index in [4.69, 9.17) is 0 Å². The molecule has 8 N–H and O–H groups in total. The molecule has 0 saturated heterocycles. The Labute approximate surface area is 151 Å². The molecule has 152 valence electrons. The Balaban J connectivity index is 2.58. The first kappa shape index (κ1) is 22.7. The van der Waals surface area contributed by atoms with Crippen molar-refractivity contribution in [2.45, 2.75) is 36.8 Å². The van der Waals surface area contributed by atoms with Gasteiger partial charge in [0.25, 0.3) is 0 Å². The van der Waals surface area contributed by atoms with Gasteiger partial charge in [-0.05, 0) is 25.7 Å². The molecule has 0 spiro atoms. The van der Waals surface area contributed by atoms with Crippen molar-refractivity contribution in [1.82, 2.24) is 10.6 Å². The van der Waals surface area contributed by atoms with E-state index in [1.165, 1.54) is 0 Å². The normalized spacial score (nSPS) is 21.3. The van der Waals surface area contributed by atoms with Gasteiger partial charge in [-0.3, -0.25) is 9.59 Å². The van der Waals surface area contributed by atoms with E-state index in [-0.39, 0.29) is 0 Å². The molecule has 10 nitrogen and oxygen atoms in total. The second-order valence-corrected chi connectivity index (χ2v) is 7.04. The van der Waals surface area contributed by atoms with Gasteiger partial charge in [-0.15, -0.1) is 0 Å². The van der Waals surface area contributed by atoms with Crippen LogP contribution in [0.5, 0.6) is 0 Å². The first-order valence-electron chi connectivity index (χ1n) is 8.64. The van der Waals surface area contributed by atoms with Gasteiger partial charge >= 0.3 is 0 Å². The summed E-state index contributed by atoms with van der Waals surface area (Å²) in [5.74, 6) is -1.64. The van der Waals surface area contributed by atoms with Crippen LogP contribution in [0.1, 0.15) is 25.7 Å². The van der Waals surface area contributed by atoms with Gasteiger partial charge in [-0.25, -0.2) is 0 Å². The molecule has 0 heterocycles. The largest absolute Gasteiger partial charge is 0.394 e. The molecule has 2 amide bonds. The zero-order valence-corrected chi connectivity index (χ0v) is 14.7. The number of nitrogens with one attached hydrogen (secondary N) is 2. The van der Waals surface area contributed by atoms with Gasteiger partial charge in [0.05, 0.1) is 39.6 Å². The van der Waals surface area contributed by atoms with Crippen molar-refractivity contribution in [3.05, 3.63) is 0 Å². The van der Waals surface area contributed by atoms with Crippen LogP contribution in [0.2, 0.25) is 0 Å².